The van der Waals surface area contributed by atoms with Gasteiger partial charge in [0.15, 0.2) is 0 Å². The van der Waals surface area contributed by atoms with Gasteiger partial charge in [-0.05, 0) is 34.1 Å². The standard InChI is InChI=1S/C8H7BrO2S/c9-7-5-4-6(12-7)2-1-3-8(10)11/h1-2,4-5H,3H2,(H,10,11)/b2-1+. The Morgan fingerprint density at radius 2 is 2.42 bits per heavy atom. The maximum Gasteiger partial charge on any atom is 0.307 e. The molecule has 12 heavy (non-hydrogen) atoms. The third kappa shape index (κ3) is 3.19. The highest BCUT2D eigenvalue weighted by Crippen LogP contribution is 2.22. The molecule has 1 N–H and O–H groups in total. The van der Waals surface area contributed by atoms with E-state index in [-0.39, 0.29) is 6.42 Å². The van der Waals surface area contributed by atoms with Crippen LogP contribution >= 0.6 is 27.3 Å². The van der Waals surface area contributed by atoms with Gasteiger partial charge in [-0.1, -0.05) is 6.08 Å². The molecule has 0 unspecified atom stereocenters. The predicted molar refractivity (Wildman–Crippen MR) is 53.3 cm³/mol. The van der Waals surface area contributed by atoms with E-state index in [1.807, 2.05) is 18.2 Å². The number of rotatable bonds is 3. The van der Waals surface area contributed by atoms with Gasteiger partial charge in [0, 0.05) is 4.88 Å². The average molecular weight is 247 g/mol. The number of hydrogen-bond donors (Lipinski definition) is 1. The quantitative estimate of drug-likeness (QED) is 0.891. The van der Waals surface area contributed by atoms with E-state index in [0.717, 1.165) is 8.66 Å². The summed E-state index contributed by atoms with van der Waals surface area (Å²) in [7, 11) is 0. The van der Waals surface area contributed by atoms with Crippen molar-refractivity contribution in [1.29, 1.82) is 0 Å². The first kappa shape index (κ1) is 9.48. The Bertz CT molecular complexity index is 304. The van der Waals surface area contributed by atoms with Crippen LogP contribution in [0, 0.1) is 0 Å². The van der Waals surface area contributed by atoms with Crippen LogP contribution in [0.25, 0.3) is 6.08 Å². The zero-order valence-corrected chi connectivity index (χ0v) is 8.56. The highest BCUT2D eigenvalue weighted by Gasteiger charge is 1.93. The molecule has 0 aromatic carbocycles. The Balaban J connectivity index is 2.52. The van der Waals surface area contributed by atoms with Gasteiger partial charge in [0.25, 0.3) is 0 Å². The lowest BCUT2D eigenvalue weighted by atomic mass is 10.3. The van der Waals surface area contributed by atoms with Gasteiger partial charge in [0.1, 0.15) is 0 Å². The molecule has 64 valence electrons. The Morgan fingerprint density at radius 3 is 2.92 bits per heavy atom. The van der Waals surface area contributed by atoms with E-state index in [0.29, 0.717) is 0 Å². The summed E-state index contributed by atoms with van der Waals surface area (Å²) in [5, 5.41) is 8.34. The van der Waals surface area contributed by atoms with Gasteiger partial charge in [-0.25, -0.2) is 0 Å². The minimum Gasteiger partial charge on any atom is -0.481 e. The third-order valence-corrected chi connectivity index (χ3v) is 2.76. The van der Waals surface area contributed by atoms with Gasteiger partial charge in [0.05, 0.1) is 10.2 Å². The van der Waals surface area contributed by atoms with Crippen molar-refractivity contribution >= 4 is 39.3 Å². The lowest BCUT2D eigenvalue weighted by Crippen LogP contribution is -1.89. The fraction of sp³-hybridized carbons (Fsp3) is 0.125. The first-order valence-electron chi connectivity index (χ1n) is 3.32. The number of thiophene rings is 1. The van der Waals surface area contributed by atoms with Crippen molar-refractivity contribution in [2.75, 3.05) is 0 Å². The molecule has 4 heteroatoms. The van der Waals surface area contributed by atoms with Crippen molar-refractivity contribution in [3.05, 3.63) is 26.9 Å². The van der Waals surface area contributed by atoms with Crippen LogP contribution in [0.3, 0.4) is 0 Å². The minimum atomic E-state index is -0.804. The number of carboxylic acids is 1. The minimum absolute atomic E-state index is 0.0789. The fourth-order valence-electron chi connectivity index (χ4n) is 0.694. The second-order valence-corrected chi connectivity index (χ2v) is 4.64. The Hall–Kier alpha value is -0.610. The van der Waals surface area contributed by atoms with E-state index >= 15 is 0 Å². The number of carboxylic acid groups (broad SMARTS) is 1. The van der Waals surface area contributed by atoms with Crippen molar-refractivity contribution in [2.24, 2.45) is 0 Å². The van der Waals surface area contributed by atoms with Gasteiger partial charge in [-0.2, -0.15) is 0 Å². The summed E-state index contributed by atoms with van der Waals surface area (Å²) in [6.07, 6.45) is 3.53. The summed E-state index contributed by atoms with van der Waals surface area (Å²) in [5.41, 5.74) is 0. The SMILES string of the molecule is O=C(O)C/C=C/c1ccc(Br)s1. The topological polar surface area (TPSA) is 37.3 Å². The van der Waals surface area contributed by atoms with Crippen molar-refractivity contribution in [1.82, 2.24) is 0 Å². The van der Waals surface area contributed by atoms with E-state index in [2.05, 4.69) is 15.9 Å². The van der Waals surface area contributed by atoms with Crippen LogP contribution in [0.5, 0.6) is 0 Å². The van der Waals surface area contributed by atoms with E-state index in [4.69, 9.17) is 5.11 Å². The lowest BCUT2D eigenvalue weighted by molar-refractivity contribution is -0.135. The van der Waals surface area contributed by atoms with Crippen molar-refractivity contribution in [2.45, 2.75) is 6.42 Å². The van der Waals surface area contributed by atoms with Gasteiger partial charge in [-0.3, -0.25) is 4.79 Å². The van der Waals surface area contributed by atoms with Crippen LogP contribution in [0.15, 0.2) is 22.0 Å². The number of hydrogen-bond acceptors (Lipinski definition) is 2. The molecule has 0 aliphatic carbocycles. The summed E-state index contributed by atoms with van der Waals surface area (Å²) >= 11 is 4.90. The normalized spacial score (nSPS) is 10.8. The Labute approximate surface area is 82.7 Å². The molecule has 0 radical (unpaired) electrons. The maximum atomic E-state index is 10.1. The van der Waals surface area contributed by atoms with Crippen LogP contribution < -0.4 is 0 Å². The molecule has 0 atom stereocenters. The summed E-state index contributed by atoms with van der Waals surface area (Å²) < 4.78 is 1.05. The number of halogens is 1. The zero-order chi connectivity index (χ0) is 8.97. The summed E-state index contributed by atoms with van der Waals surface area (Å²) in [4.78, 5) is 11.2. The molecular formula is C8H7BrO2S. The highest BCUT2D eigenvalue weighted by atomic mass is 79.9. The molecule has 0 aliphatic rings. The number of carbonyl (C=O) groups is 1. The van der Waals surface area contributed by atoms with E-state index < -0.39 is 5.97 Å². The summed E-state index contributed by atoms with van der Waals surface area (Å²) in [6.45, 7) is 0. The van der Waals surface area contributed by atoms with Crippen LogP contribution in [0.4, 0.5) is 0 Å². The molecule has 1 aromatic rings. The summed E-state index contributed by atoms with van der Waals surface area (Å²) in [5.74, 6) is -0.804. The van der Waals surface area contributed by atoms with Gasteiger partial charge in [-0.15, -0.1) is 11.3 Å². The maximum absolute atomic E-state index is 10.1. The molecule has 0 fully saturated rings. The molecule has 0 amide bonds. The van der Waals surface area contributed by atoms with Crippen LogP contribution in [-0.4, -0.2) is 11.1 Å². The molecule has 0 bridgehead atoms. The van der Waals surface area contributed by atoms with Gasteiger partial charge < -0.3 is 5.11 Å². The summed E-state index contributed by atoms with van der Waals surface area (Å²) in [6, 6.07) is 3.87. The zero-order valence-electron chi connectivity index (χ0n) is 6.16. The molecule has 0 spiro atoms. The first-order valence-corrected chi connectivity index (χ1v) is 4.93. The molecule has 1 aromatic heterocycles. The lowest BCUT2D eigenvalue weighted by Gasteiger charge is -1.83. The number of aliphatic carboxylic acids is 1. The monoisotopic (exact) mass is 246 g/mol. The third-order valence-electron chi connectivity index (χ3n) is 1.17. The smallest absolute Gasteiger partial charge is 0.307 e. The van der Waals surface area contributed by atoms with Gasteiger partial charge in [0.2, 0.25) is 0 Å². The van der Waals surface area contributed by atoms with Crippen LogP contribution in [0.2, 0.25) is 0 Å². The van der Waals surface area contributed by atoms with Crippen molar-refractivity contribution in [3.8, 4) is 0 Å². The molecule has 0 saturated carbocycles. The largest absolute Gasteiger partial charge is 0.481 e. The molecule has 2 nitrogen and oxygen atoms in total. The van der Waals surface area contributed by atoms with Crippen LogP contribution in [0.1, 0.15) is 11.3 Å². The second kappa shape index (κ2) is 4.42. The molecule has 1 heterocycles. The van der Waals surface area contributed by atoms with Gasteiger partial charge >= 0.3 is 5.97 Å². The molecular weight excluding hydrogens is 240 g/mol. The van der Waals surface area contributed by atoms with Crippen LogP contribution in [-0.2, 0) is 4.79 Å². The Morgan fingerprint density at radius 1 is 1.67 bits per heavy atom. The van der Waals surface area contributed by atoms with E-state index in [1.165, 1.54) is 0 Å². The van der Waals surface area contributed by atoms with E-state index in [9.17, 15) is 4.79 Å². The average Bonchev–Trinajstić information content (AvgIpc) is 2.35. The van der Waals surface area contributed by atoms with Crippen molar-refractivity contribution < 1.29 is 9.90 Å². The molecule has 1 rings (SSSR count). The fourth-order valence-corrected chi connectivity index (χ4v) is 2.05. The van der Waals surface area contributed by atoms with Crippen molar-refractivity contribution in [3.63, 3.8) is 0 Å². The molecule has 0 aliphatic heterocycles. The molecule has 0 saturated heterocycles. The second-order valence-electron chi connectivity index (χ2n) is 2.14. The first-order chi connectivity index (χ1) is 5.68. The van der Waals surface area contributed by atoms with E-state index in [1.54, 1.807) is 17.4 Å². The predicted octanol–water partition coefficient (Wildman–Crippen LogP) is 3.00. The highest BCUT2D eigenvalue weighted by molar-refractivity contribution is 9.11. The Kier molecular flexibility index (Phi) is 3.49.